The van der Waals surface area contributed by atoms with Crippen molar-refractivity contribution in [3.05, 3.63) is 0 Å². The van der Waals surface area contributed by atoms with Gasteiger partial charge in [-0.15, -0.1) is 8.58 Å². The summed E-state index contributed by atoms with van der Waals surface area (Å²) < 4.78 is 0. The lowest BCUT2D eigenvalue weighted by molar-refractivity contribution is 0.519. The van der Waals surface area contributed by atoms with Crippen molar-refractivity contribution in [3.63, 3.8) is 0 Å². The van der Waals surface area contributed by atoms with Crippen LogP contribution in [0.5, 0.6) is 0 Å². The Morgan fingerprint density at radius 2 is 2.44 bits per heavy atom. The second kappa shape index (κ2) is 3.56. The Bertz CT molecular complexity index is 74.6. The van der Waals surface area contributed by atoms with E-state index in [1.165, 1.54) is 34.0 Å². The molecule has 1 fully saturated rings. The predicted molar refractivity (Wildman–Crippen MR) is 45.7 cm³/mol. The van der Waals surface area contributed by atoms with Crippen LogP contribution in [0, 0.1) is 5.92 Å². The SMILES string of the molecule is CCC(C)[C@@H]1CCCP1. The second-order valence-electron chi connectivity index (χ2n) is 3.09. The van der Waals surface area contributed by atoms with Crippen molar-refractivity contribution in [2.75, 3.05) is 6.16 Å². The molecule has 0 aromatic rings. The number of hydrogen-bond acceptors (Lipinski definition) is 0. The molecular weight excluding hydrogens is 127 g/mol. The van der Waals surface area contributed by atoms with Gasteiger partial charge in [0.2, 0.25) is 0 Å². The Kier molecular flexibility index (Phi) is 2.98. The van der Waals surface area contributed by atoms with E-state index in [2.05, 4.69) is 13.8 Å². The summed E-state index contributed by atoms with van der Waals surface area (Å²) in [5, 5.41) is 0. The maximum Gasteiger partial charge on any atom is -0.0211 e. The van der Waals surface area contributed by atoms with Crippen molar-refractivity contribution in [1.82, 2.24) is 0 Å². The van der Waals surface area contributed by atoms with Crippen molar-refractivity contribution in [2.24, 2.45) is 5.92 Å². The van der Waals surface area contributed by atoms with E-state index in [-0.39, 0.29) is 0 Å². The average molecular weight is 144 g/mol. The van der Waals surface area contributed by atoms with Crippen molar-refractivity contribution >= 4 is 8.58 Å². The first-order chi connectivity index (χ1) is 4.34. The zero-order chi connectivity index (χ0) is 6.69. The summed E-state index contributed by atoms with van der Waals surface area (Å²) in [5.74, 6) is 1.01. The highest BCUT2D eigenvalue weighted by molar-refractivity contribution is 7.39. The lowest BCUT2D eigenvalue weighted by Gasteiger charge is -2.15. The van der Waals surface area contributed by atoms with Crippen LogP contribution in [0.1, 0.15) is 33.1 Å². The molecule has 2 unspecified atom stereocenters. The van der Waals surface area contributed by atoms with Gasteiger partial charge < -0.3 is 0 Å². The summed E-state index contributed by atoms with van der Waals surface area (Å²) in [6.45, 7) is 4.72. The molecule has 3 atom stereocenters. The van der Waals surface area contributed by atoms with Crippen LogP contribution < -0.4 is 0 Å². The van der Waals surface area contributed by atoms with E-state index in [1.807, 2.05) is 0 Å². The molecule has 0 bridgehead atoms. The van der Waals surface area contributed by atoms with Crippen molar-refractivity contribution < 1.29 is 0 Å². The van der Waals surface area contributed by atoms with Crippen LogP contribution in [0.15, 0.2) is 0 Å². The summed E-state index contributed by atoms with van der Waals surface area (Å²) in [7, 11) is 1.29. The first-order valence-corrected chi connectivity index (χ1v) is 5.36. The molecule has 9 heavy (non-hydrogen) atoms. The van der Waals surface area contributed by atoms with Crippen LogP contribution in [-0.4, -0.2) is 11.8 Å². The average Bonchev–Trinajstić information content (AvgIpc) is 2.37. The van der Waals surface area contributed by atoms with E-state index in [0.29, 0.717) is 0 Å². The number of hydrogen-bond donors (Lipinski definition) is 0. The van der Waals surface area contributed by atoms with E-state index in [9.17, 15) is 0 Å². The summed E-state index contributed by atoms with van der Waals surface area (Å²) in [6.07, 6.45) is 5.94. The summed E-state index contributed by atoms with van der Waals surface area (Å²) in [4.78, 5) is 0. The molecule has 1 saturated heterocycles. The van der Waals surface area contributed by atoms with Crippen LogP contribution in [0.3, 0.4) is 0 Å². The van der Waals surface area contributed by atoms with E-state index >= 15 is 0 Å². The van der Waals surface area contributed by atoms with Gasteiger partial charge in [0, 0.05) is 0 Å². The topological polar surface area (TPSA) is 0 Å². The third kappa shape index (κ3) is 1.93. The van der Waals surface area contributed by atoms with Crippen LogP contribution in [0.2, 0.25) is 0 Å². The fourth-order valence-electron chi connectivity index (χ4n) is 1.48. The summed E-state index contributed by atoms with van der Waals surface area (Å²) >= 11 is 0. The molecule has 0 amide bonds. The van der Waals surface area contributed by atoms with Crippen molar-refractivity contribution in [3.8, 4) is 0 Å². The third-order valence-corrected chi connectivity index (χ3v) is 4.45. The fourth-order valence-corrected chi connectivity index (χ4v) is 3.31. The van der Waals surface area contributed by atoms with E-state index in [4.69, 9.17) is 0 Å². The third-order valence-electron chi connectivity index (χ3n) is 2.43. The molecule has 1 heterocycles. The molecule has 1 heteroatoms. The zero-order valence-electron chi connectivity index (χ0n) is 6.48. The zero-order valence-corrected chi connectivity index (χ0v) is 7.48. The Labute approximate surface area is 60.2 Å². The van der Waals surface area contributed by atoms with Gasteiger partial charge in [-0.3, -0.25) is 0 Å². The molecule has 1 aliphatic heterocycles. The molecule has 0 N–H and O–H groups in total. The lowest BCUT2D eigenvalue weighted by atomic mass is 10.0. The van der Waals surface area contributed by atoms with E-state index in [0.717, 1.165) is 11.6 Å². The molecule has 0 radical (unpaired) electrons. The summed E-state index contributed by atoms with van der Waals surface area (Å²) in [6, 6.07) is 0. The molecule has 1 aliphatic rings. The van der Waals surface area contributed by atoms with Gasteiger partial charge in [0.25, 0.3) is 0 Å². The molecule has 0 saturated carbocycles. The quantitative estimate of drug-likeness (QED) is 0.523. The van der Waals surface area contributed by atoms with Gasteiger partial charge in [0.05, 0.1) is 0 Å². The van der Waals surface area contributed by atoms with Crippen LogP contribution in [0.25, 0.3) is 0 Å². The van der Waals surface area contributed by atoms with Gasteiger partial charge in [-0.25, -0.2) is 0 Å². The molecule has 54 valence electrons. The minimum Gasteiger partial charge on any atom is -0.119 e. The Morgan fingerprint density at radius 1 is 1.67 bits per heavy atom. The first kappa shape index (κ1) is 7.54. The van der Waals surface area contributed by atoms with Crippen LogP contribution in [0.4, 0.5) is 0 Å². The van der Waals surface area contributed by atoms with Crippen LogP contribution >= 0.6 is 8.58 Å². The van der Waals surface area contributed by atoms with Gasteiger partial charge in [-0.2, -0.15) is 0 Å². The van der Waals surface area contributed by atoms with Gasteiger partial charge in [-0.05, 0) is 30.6 Å². The van der Waals surface area contributed by atoms with E-state index in [1.54, 1.807) is 0 Å². The Morgan fingerprint density at radius 3 is 2.89 bits per heavy atom. The van der Waals surface area contributed by atoms with Gasteiger partial charge in [0.1, 0.15) is 0 Å². The minimum atomic E-state index is 1.01. The number of rotatable bonds is 2. The maximum atomic E-state index is 2.41. The standard InChI is InChI=1S/C8H17P/c1-3-7(2)8-5-4-6-9-8/h7-9H,3-6H2,1-2H3/t7?,8-/m0/s1. The van der Waals surface area contributed by atoms with Gasteiger partial charge in [0.15, 0.2) is 0 Å². The largest absolute Gasteiger partial charge is 0.119 e. The minimum absolute atomic E-state index is 1.01. The molecule has 0 aliphatic carbocycles. The second-order valence-corrected chi connectivity index (χ2v) is 4.74. The normalized spacial score (nSPS) is 33.3. The monoisotopic (exact) mass is 144 g/mol. The highest BCUT2D eigenvalue weighted by Crippen LogP contribution is 2.38. The van der Waals surface area contributed by atoms with Gasteiger partial charge in [-0.1, -0.05) is 20.3 Å². The Hall–Kier alpha value is 0.430. The smallest absolute Gasteiger partial charge is 0.0211 e. The van der Waals surface area contributed by atoms with E-state index < -0.39 is 0 Å². The van der Waals surface area contributed by atoms with Crippen molar-refractivity contribution in [1.29, 1.82) is 0 Å². The molecule has 1 rings (SSSR count). The van der Waals surface area contributed by atoms with Crippen molar-refractivity contribution in [2.45, 2.75) is 38.8 Å². The highest BCUT2D eigenvalue weighted by Gasteiger charge is 2.19. The fraction of sp³-hybridized carbons (Fsp3) is 1.00. The van der Waals surface area contributed by atoms with Crippen LogP contribution in [-0.2, 0) is 0 Å². The molecule has 0 spiro atoms. The first-order valence-electron chi connectivity index (χ1n) is 4.08. The lowest BCUT2D eigenvalue weighted by Crippen LogP contribution is -2.07. The summed E-state index contributed by atoms with van der Waals surface area (Å²) in [5.41, 5.74) is 1.11. The molecular formula is C8H17P. The molecule has 0 aromatic carbocycles. The molecule has 0 nitrogen and oxygen atoms in total. The Balaban J connectivity index is 2.24. The maximum absolute atomic E-state index is 2.41. The van der Waals surface area contributed by atoms with Gasteiger partial charge >= 0.3 is 0 Å². The highest BCUT2D eigenvalue weighted by atomic mass is 31.1. The molecule has 0 aromatic heterocycles. The predicted octanol–water partition coefficient (Wildman–Crippen LogP) is 2.87.